The molecule has 2 aromatic rings. The second-order valence-corrected chi connectivity index (χ2v) is 4.50. The van der Waals surface area contributed by atoms with E-state index >= 15 is 0 Å². The molecule has 0 spiro atoms. The number of phenols is 1. The lowest BCUT2D eigenvalue weighted by molar-refractivity contribution is 0.102. The average Bonchev–Trinajstić information content (AvgIpc) is 2.41. The summed E-state index contributed by atoms with van der Waals surface area (Å²) in [7, 11) is 1.42. The molecule has 1 heterocycles. The van der Waals surface area contributed by atoms with Gasteiger partial charge in [-0.15, -0.1) is 0 Å². The highest BCUT2D eigenvalue weighted by Gasteiger charge is 2.16. The lowest BCUT2D eigenvalue weighted by Gasteiger charge is -2.09. The largest absolute Gasteiger partial charge is 0.504 e. The van der Waals surface area contributed by atoms with E-state index in [0.29, 0.717) is 10.3 Å². The van der Waals surface area contributed by atoms with E-state index in [1.54, 1.807) is 30.5 Å². The number of aromatic nitrogens is 1. The van der Waals surface area contributed by atoms with Crippen molar-refractivity contribution < 1.29 is 14.6 Å². The monoisotopic (exact) mass is 322 g/mol. The summed E-state index contributed by atoms with van der Waals surface area (Å²) in [5.74, 6) is -0.0344. The van der Waals surface area contributed by atoms with Gasteiger partial charge < -0.3 is 15.2 Å². The van der Waals surface area contributed by atoms with Crippen molar-refractivity contribution in [3.63, 3.8) is 0 Å². The number of carbonyl (C=O) groups excluding carboxylic acids is 1. The van der Waals surface area contributed by atoms with E-state index in [9.17, 15) is 9.90 Å². The van der Waals surface area contributed by atoms with Crippen molar-refractivity contribution in [1.82, 2.24) is 4.98 Å². The van der Waals surface area contributed by atoms with E-state index in [2.05, 4.69) is 26.2 Å². The molecule has 2 N–H and O–H groups in total. The van der Waals surface area contributed by atoms with Gasteiger partial charge in [0.1, 0.15) is 5.82 Å². The van der Waals surface area contributed by atoms with E-state index in [4.69, 9.17) is 4.74 Å². The molecular formula is C13H11BrN2O3. The molecule has 98 valence electrons. The minimum atomic E-state index is -0.462. The molecule has 5 nitrogen and oxygen atoms in total. The number of nitrogens with zero attached hydrogens (tertiary/aromatic N) is 1. The number of benzene rings is 1. The summed E-state index contributed by atoms with van der Waals surface area (Å²) in [5, 5.41) is 12.5. The van der Waals surface area contributed by atoms with Crippen LogP contribution in [-0.4, -0.2) is 23.1 Å². The van der Waals surface area contributed by atoms with Gasteiger partial charge in [-0.1, -0.05) is 6.07 Å². The molecule has 0 aliphatic heterocycles. The molecule has 0 fully saturated rings. The van der Waals surface area contributed by atoms with Crippen LogP contribution in [0, 0.1) is 0 Å². The van der Waals surface area contributed by atoms with Crippen LogP contribution in [0.1, 0.15) is 10.4 Å². The van der Waals surface area contributed by atoms with Crippen LogP contribution in [0.3, 0.4) is 0 Å². The summed E-state index contributed by atoms with van der Waals surface area (Å²) in [5.41, 5.74) is 0.122. The SMILES string of the molecule is COc1cccc(C(=O)Nc2ncccc2Br)c1O. The van der Waals surface area contributed by atoms with Gasteiger partial charge in [0.05, 0.1) is 17.1 Å². The van der Waals surface area contributed by atoms with Crippen LogP contribution in [0.25, 0.3) is 0 Å². The van der Waals surface area contributed by atoms with Gasteiger partial charge in [-0.3, -0.25) is 4.79 Å². The number of ether oxygens (including phenoxy) is 1. The van der Waals surface area contributed by atoms with Crippen LogP contribution in [0.2, 0.25) is 0 Å². The van der Waals surface area contributed by atoms with Crippen molar-refractivity contribution in [2.24, 2.45) is 0 Å². The molecule has 0 aliphatic rings. The molecule has 0 saturated carbocycles. The van der Waals surface area contributed by atoms with Crippen LogP contribution in [-0.2, 0) is 0 Å². The Morgan fingerprint density at radius 1 is 1.37 bits per heavy atom. The molecule has 0 unspecified atom stereocenters. The van der Waals surface area contributed by atoms with Crippen molar-refractivity contribution in [3.8, 4) is 11.5 Å². The third-order valence-corrected chi connectivity index (χ3v) is 3.09. The Kier molecular flexibility index (Phi) is 4.01. The zero-order chi connectivity index (χ0) is 13.8. The summed E-state index contributed by atoms with van der Waals surface area (Å²) < 4.78 is 5.61. The van der Waals surface area contributed by atoms with Crippen LogP contribution < -0.4 is 10.1 Å². The van der Waals surface area contributed by atoms with Gasteiger partial charge in [0.25, 0.3) is 5.91 Å². The van der Waals surface area contributed by atoms with Gasteiger partial charge in [-0.05, 0) is 40.2 Å². The maximum atomic E-state index is 12.1. The molecule has 0 atom stereocenters. The number of carbonyl (C=O) groups is 1. The number of anilines is 1. The number of methoxy groups -OCH3 is 1. The Labute approximate surface area is 118 Å². The van der Waals surface area contributed by atoms with E-state index in [-0.39, 0.29) is 17.1 Å². The van der Waals surface area contributed by atoms with Crippen molar-refractivity contribution in [3.05, 3.63) is 46.6 Å². The molecule has 1 aromatic heterocycles. The first kappa shape index (κ1) is 13.4. The highest BCUT2D eigenvalue weighted by molar-refractivity contribution is 9.10. The summed E-state index contributed by atoms with van der Waals surface area (Å²) >= 11 is 3.28. The Morgan fingerprint density at radius 2 is 2.16 bits per heavy atom. The Morgan fingerprint density at radius 3 is 2.84 bits per heavy atom. The van der Waals surface area contributed by atoms with Gasteiger partial charge >= 0.3 is 0 Å². The summed E-state index contributed by atoms with van der Waals surface area (Å²) in [4.78, 5) is 16.1. The van der Waals surface area contributed by atoms with Gasteiger partial charge in [-0.25, -0.2) is 4.98 Å². The van der Waals surface area contributed by atoms with Crippen LogP contribution in [0.15, 0.2) is 41.0 Å². The Hall–Kier alpha value is -2.08. The second-order valence-electron chi connectivity index (χ2n) is 3.64. The highest BCUT2D eigenvalue weighted by Crippen LogP contribution is 2.30. The van der Waals surface area contributed by atoms with Crippen molar-refractivity contribution in [2.45, 2.75) is 0 Å². The summed E-state index contributed by atoms with van der Waals surface area (Å²) in [6.45, 7) is 0. The number of para-hydroxylation sites is 1. The van der Waals surface area contributed by atoms with Crippen LogP contribution in [0.5, 0.6) is 11.5 Å². The molecule has 0 radical (unpaired) electrons. The predicted molar refractivity (Wildman–Crippen MR) is 74.5 cm³/mol. The number of amides is 1. The number of halogens is 1. The number of pyridine rings is 1. The predicted octanol–water partition coefficient (Wildman–Crippen LogP) is 2.81. The topological polar surface area (TPSA) is 71.5 Å². The minimum Gasteiger partial charge on any atom is -0.504 e. The second kappa shape index (κ2) is 5.71. The molecule has 6 heteroatoms. The maximum Gasteiger partial charge on any atom is 0.260 e. The molecule has 0 aliphatic carbocycles. The number of hydrogen-bond acceptors (Lipinski definition) is 4. The maximum absolute atomic E-state index is 12.1. The first-order chi connectivity index (χ1) is 9.13. The molecule has 2 rings (SSSR count). The number of aromatic hydroxyl groups is 1. The fourth-order valence-electron chi connectivity index (χ4n) is 1.52. The van der Waals surface area contributed by atoms with Gasteiger partial charge in [0.15, 0.2) is 11.5 Å². The molecular weight excluding hydrogens is 312 g/mol. The number of rotatable bonds is 3. The van der Waals surface area contributed by atoms with E-state index in [0.717, 1.165) is 0 Å². The summed E-state index contributed by atoms with van der Waals surface area (Å²) in [6, 6.07) is 8.20. The molecule has 0 bridgehead atoms. The van der Waals surface area contributed by atoms with Crippen LogP contribution >= 0.6 is 15.9 Å². The standard InChI is InChI=1S/C13H11BrN2O3/c1-19-10-6-2-4-8(11(10)17)13(18)16-12-9(14)5-3-7-15-12/h2-7,17H,1H3,(H,15,16,18). The molecule has 1 amide bonds. The number of nitrogens with one attached hydrogen (secondary N) is 1. The summed E-state index contributed by atoms with van der Waals surface area (Å²) in [6.07, 6.45) is 1.56. The van der Waals surface area contributed by atoms with E-state index in [1.165, 1.54) is 13.2 Å². The highest BCUT2D eigenvalue weighted by atomic mass is 79.9. The van der Waals surface area contributed by atoms with E-state index in [1.807, 2.05) is 0 Å². The third-order valence-electron chi connectivity index (χ3n) is 2.45. The lowest BCUT2D eigenvalue weighted by Crippen LogP contribution is -2.13. The zero-order valence-electron chi connectivity index (χ0n) is 10.1. The fraction of sp³-hybridized carbons (Fsp3) is 0.0769. The molecule has 19 heavy (non-hydrogen) atoms. The van der Waals surface area contributed by atoms with E-state index < -0.39 is 5.91 Å². The number of phenolic OH excluding ortho intramolecular Hbond substituents is 1. The van der Waals surface area contributed by atoms with Crippen LogP contribution in [0.4, 0.5) is 5.82 Å². The number of hydrogen-bond donors (Lipinski definition) is 2. The van der Waals surface area contributed by atoms with Crippen molar-refractivity contribution in [1.29, 1.82) is 0 Å². The normalized spacial score (nSPS) is 10.0. The van der Waals surface area contributed by atoms with Gasteiger partial charge in [0, 0.05) is 6.20 Å². The molecule has 0 saturated heterocycles. The minimum absolute atomic E-state index is 0.122. The Bertz CT molecular complexity index is 617. The lowest BCUT2D eigenvalue weighted by atomic mass is 10.1. The first-order valence-corrected chi connectivity index (χ1v) is 6.20. The third kappa shape index (κ3) is 2.85. The first-order valence-electron chi connectivity index (χ1n) is 5.41. The van der Waals surface area contributed by atoms with Crippen molar-refractivity contribution >= 4 is 27.7 Å². The smallest absolute Gasteiger partial charge is 0.260 e. The average molecular weight is 323 g/mol. The van der Waals surface area contributed by atoms with Gasteiger partial charge in [-0.2, -0.15) is 0 Å². The quantitative estimate of drug-likeness (QED) is 0.911. The zero-order valence-corrected chi connectivity index (χ0v) is 11.6. The fourth-order valence-corrected chi connectivity index (χ4v) is 1.88. The van der Waals surface area contributed by atoms with Gasteiger partial charge in [0.2, 0.25) is 0 Å². The van der Waals surface area contributed by atoms with Crippen molar-refractivity contribution in [2.75, 3.05) is 12.4 Å². The molecule has 1 aromatic carbocycles. The Balaban J connectivity index is 2.28.